The smallest absolute Gasteiger partial charge is 0.234 e. The van der Waals surface area contributed by atoms with Crippen LogP contribution in [0, 0.1) is 5.92 Å². The molecule has 14 heavy (non-hydrogen) atoms. The Morgan fingerprint density at radius 2 is 2.29 bits per heavy atom. The molecule has 0 aromatic carbocycles. The molecule has 3 nitrogen and oxygen atoms in total. The highest BCUT2D eigenvalue weighted by atomic mass is 16.1. The van der Waals surface area contributed by atoms with Gasteiger partial charge in [-0.1, -0.05) is 26.0 Å². The Hall–Kier alpha value is -0.830. The average molecular weight is 196 g/mol. The Bertz CT molecular complexity index is 223. The molecule has 0 aromatic heterocycles. The Kier molecular flexibility index (Phi) is 4.14. The van der Waals surface area contributed by atoms with E-state index in [-0.39, 0.29) is 17.9 Å². The first kappa shape index (κ1) is 11.2. The van der Waals surface area contributed by atoms with Crippen molar-refractivity contribution in [3.8, 4) is 0 Å². The first-order valence-corrected chi connectivity index (χ1v) is 5.33. The summed E-state index contributed by atoms with van der Waals surface area (Å²) in [4.78, 5) is 11.2. The maximum atomic E-state index is 11.2. The first-order chi connectivity index (χ1) is 6.61. The SMILES string of the molecule is CC(C)C(NC1C=CCCC1)C(N)=O. The predicted molar refractivity (Wildman–Crippen MR) is 57.7 cm³/mol. The van der Waals surface area contributed by atoms with Crippen LogP contribution < -0.4 is 11.1 Å². The number of nitrogens with one attached hydrogen (secondary N) is 1. The highest BCUT2D eigenvalue weighted by molar-refractivity contribution is 5.80. The van der Waals surface area contributed by atoms with Crippen LogP contribution in [-0.4, -0.2) is 18.0 Å². The summed E-state index contributed by atoms with van der Waals surface area (Å²) in [6.07, 6.45) is 7.76. The van der Waals surface area contributed by atoms with Crippen LogP contribution >= 0.6 is 0 Å². The Labute approximate surface area is 85.7 Å². The second-order valence-corrected chi connectivity index (χ2v) is 4.26. The number of amides is 1. The van der Waals surface area contributed by atoms with Gasteiger partial charge in [0.1, 0.15) is 0 Å². The Balaban J connectivity index is 2.50. The van der Waals surface area contributed by atoms with Crippen molar-refractivity contribution < 1.29 is 4.79 Å². The Morgan fingerprint density at radius 3 is 2.71 bits per heavy atom. The topological polar surface area (TPSA) is 55.1 Å². The molecule has 0 saturated carbocycles. The third-order valence-corrected chi connectivity index (χ3v) is 2.62. The van der Waals surface area contributed by atoms with E-state index in [4.69, 9.17) is 5.73 Å². The zero-order valence-corrected chi connectivity index (χ0v) is 8.99. The van der Waals surface area contributed by atoms with Crippen LogP contribution in [0.25, 0.3) is 0 Å². The molecule has 0 saturated heterocycles. The molecule has 3 N–H and O–H groups in total. The largest absolute Gasteiger partial charge is 0.368 e. The van der Waals surface area contributed by atoms with Crippen molar-refractivity contribution in [3.63, 3.8) is 0 Å². The number of rotatable bonds is 4. The molecular formula is C11H20N2O. The summed E-state index contributed by atoms with van der Waals surface area (Å²) in [6, 6.07) is 0.117. The number of carbonyl (C=O) groups excluding carboxylic acids is 1. The van der Waals surface area contributed by atoms with Gasteiger partial charge in [-0.15, -0.1) is 0 Å². The normalized spacial score (nSPS) is 23.8. The van der Waals surface area contributed by atoms with Gasteiger partial charge in [0.15, 0.2) is 0 Å². The number of nitrogens with two attached hydrogens (primary N) is 1. The molecule has 80 valence electrons. The lowest BCUT2D eigenvalue weighted by Gasteiger charge is -2.25. The van der Waals surface area contributed by atoms with Gasteiger partial charge in [-0.25, -0.2) is 0 Å². The van der Waals surface area contributed by atoms with Gasteiger partial charge in [-0.2, -0.15) is 0 Å². The molecule has 0 radical (unpaired) electrons. The zero-order valence-electron chi connectivity index (χ0n) is 8.99. The van der Waals surface area contributed by atoms with Crippen LogP contribution in [0.5, 0.6) is 0 Å². The zero-order chi connectivity index (χ0) is 10.6. The van der Waals surface area contributed by atoms with Crippen molar-refractivity contribution in [2.75, 3.05) is 0 Å². The van der Waals surface area contributed by atoms with Crippen LogP contribution in [0.1, 0.15) is 33.1 Å². The summed E-state index contributed by atoms with van der Waals surface area (Å²) in [5.41, 5.74) is 5.33. The lowest BCUT2D eigenvalue weighted by atomic mass is 9.98. The minimum atomic E-state index is -0.251. The summed E-state index contributed by atoms with van der Waals surface area (Å²) in [7, 11) is 0. The van der Waals surface area contributed by atoms with Crippen molar-refractivity contribution in [2.24, 2.45) is 11.7 Å². The monoisotopic (exact) mass is 196 g/mol. The van der Waals surface area contributed by atoms with Crippen molar-refractivity contribution in [1.29, 1.82) is 0 Å². The van der Waals surface area contributed by atoms with E-state index in [1.54, 1.807) is 0 Å². The highest BCUT2D eigenvalue weighted by Gasteiger charge is 2.22. The minimum absolute atomic E-state index is 0.206. The second kappa shape index (κ2) is 5.15. The second-order valence-electron chi connectivity index (χ2n) is 4.26. The van der Waals surface area contributed by atoms with Crippen molar-refractivity contribution in [1.82, 2.24) is 5.32 Å². The predicted octanol–water partition coefficient (Wildman–Crippen LogP) is 1.19. The molecule has 0 aromatic rings. The maximum absolute atomic E-state index is 11.2. The maximum Gasteiger partial charge on any atom is 0.234 e. The molecule has 1 amide bonds. The molecule has 0 heterocycles. The standard InChI is InChI=1S/C11H20N2O/c1-8(2)10(11(12)14)13-9-6-4-3-5-7-9/h4,6,8-10,13H,3,5,7H2,1-2H3,(H2,12,14). The summed E-state index contributed by atoms with van der Waals surface area (Å²) >= 11 is 0. The van der Waals surface area contributed by atoms with Crippen LogP contribution in [-0.2, 0) is 4.79 Å². The highest BCUT2D eigenvalue weighted by Crippen LogP contribution is 2.12. The number of carbonyl (C=O) groups is 1. The van der Waals surface area contributed by atoms with E-state index in [2.05, 4.69) is 17.5 Å². The van der Waals surface area contributed by atoms with Gasteiger partial charge >= 0.3 is 0 Å². The van der Waals surface area contributed by atoms with Crippen LogP contribution in [0.15, 0.2) is 12.2 Å². The van der Waals surface area contributed by atoms with E-state index in [0.29, 0.717) is 6.04 Å². The summed E-state index contributed by atoms with van der Waals surface area (Å²) < 4.78 is 0. The summed E-state index contributed by atoms with van der Waals surface area (Å²) in [5, 5.41) is 3.29. The third-order valence-electron chi connectivity index (χ3n) is 2.62. The van der Waals surface area contributed by atoms with Gasteiger partial charge in [0.2, 0.25) is 5.91 Å². The number of allylic oxidation sites excluding steroid dienone is 1. The molecule has 0 aliphatic heterocycles. The van der Waals surface area contributed by atoms with Gasteiger partial charge in [-0.05, 0) is 25.2 Å². The van der Waals surface area contributed by atoms with Gasteiger partial charge in [0.25, 0.3) is 0 Å². The van der Waals surface area contributed by atoms with E-state index in [9.17, 15) is 4.79 Å². The molecule has 0 spiro atoms. The lowest BCUT2D eigenvalue weighted by molar-refractivity contribution is -0.121. The molecular weight excluding hydrogens is 176 g/mol. The number of hydrogen-bond acceptors (Lipinski definition) is 2. The fraction of sp³-hybridized carbons (Fsp3) is 0.727. The van der Waals surface area contributed by atoms with E-state index in [0.717, 1.165) is 12.8 Å². The van der Waals surface area contributed by atoms with Crippen LogP contribution in [0.3, 0.4) is 0 Å². The molecule has 1 aliphatic carbocycles. The fourth-order valence-corrected chi connectivity index (χ4v) is 1.78. The van der Waals surface area contributed by atoms with E-state index in [1.165, 1.54) is 6.42 Å². The molecule has 2 unspecified atom stereocenters. The molecule has 0 bridgehead atoms. The Morgan fingerprint density at radius 1 is 1.57 bits per heavy atom. The first-order valence-electron chi connectivity index (χ1n) is 5.33. The molecule has 1 rings (SSSR count). The van der Waals surface area contributed by atoms with Gasteiger partial charge in [0, 0.05) is 6.04 Å². The number of hydrogen-bond donors (Lipinski definition) is 2. The van der Waals surface area contributed by atoms with Crippen molar-refractivity contribution >= 4 is 5.91 Å². The number of primary amides is 1. The van der Waals surface area contributed by atoms with Gasteiger partial charge < -0.3 is 5.73 Å². The van der Waals surface area contributed by atoms with Crippen molar-refractivity contribution in [2.45, 2.75) is 45.2 Å². The van der Waals surface area contributed by atoms with Gasteiger partial charge in [-0.3, -0.25) is 10.1 Å². The van der Waals surface area contributed by atoms with Gasteiger partial charge in [0.05, 0.1) is 6.04 Å². The average Bonchev–Trinajstić information content (AvgIpc) is 2.15. The van der Waals surface area contributed by atoms with E-state index in [1.807, 2.05) is 13.8 Å². The quantitative estimate of drug-likeness (QED) is 0.664. The molecule has 1 aliphatic rings. The molecule has 2 atom stereocenters. The minimum Gasteiger partial charge on any atom is -0.368 e. The third kappa shape index (κ3) is 3.14. The van der Waals surface area contributed by atoms with Crippen LogP contribution in [0.4, 0.5) is 0 Å². The van der Waals surface area contributed by atoms with E-state index < -0.39 is 0 Å². The molecule has 3 heteroatoms. The fourth-order valence-electron chi connectivity index (χ4n) is 1.78. The summed E-state index contributed by atoms with van der Waals surface area (Å²) in [5.74, 6) is 0.00167. The van der Waals surface area contributed by atoms with E-state index >= 15 is 0 Å². The summed E-state index contributed by atoms with van der Waals surface area (Å²) in [6.45, 7) is 4.02. The lowest BCUT2D eigenvalue weighted by Crippen LogP contribution is -2.49. The molecule has 0 fully saturated rings. The van der Waals surface area contributed by atoms with Crippen LogP contribution in [0.2, 0.25) is 0 Å². The van der Waals surface area contributed by atoms with Crippen molar-refractivity contribution in [3.05, 3.63) is 12.2 Å².